The molecule has 23 heavy (non-hydrogen) atoms. The van der Waals surface area contributed by atoms with Crippen molar-refractivity contribution < 1.29 is 14.3 Å². The topological polar surface area (TPSA) is 54.0 Å². The highest BCUT2D eigenvalue weighted by Gasteiger charge is 2.36. The lowest BCUT2D eigenvalue weighted by Crippen LogP contribution is -2.58. The zero-order valence-electron chi connectivity index (χ0n) is 15.0. The number of hydrogen-bond donors (Lipinski definition) is 1. The normalized spacial score (nSPS) is 23.1. The fourth-order valence-electron chi connectivity index (χ4n) is 3.04. The lowest BCUT2D eigenvalue weighted by Gasteiger charge is -2.41. The van der Waals surface area contributed by atoms with Gasteiger partial charge in [-0.25, -0.2) is 0 Å². The molecule has 2 saturated heterocycles. The van der Waals surface area contributed by atoms with Crippen LogP contribution in [0.15, 0.2) is 0 Å². The summed E-state index contributed by atoms with van der Waals surface area (Å²) in [5.74, 6) is 0.145. The molecule has 0 radical (unpaired) electrons. The number of piperidine rings is 1. The minimum atomic E-state index is -0.196. The Kier molecular flexibility index (Phi) is 7.27. The van der Waals surface area contributed by atoms with Crippen LogP contribution < -0.4 is 5.32 Å². The molecule has 6 nitrogen and oxygen atoms in total. The first-order chi connectivity index (χ1) is 11.0. The number of carbonyl (C=O) groups excluding carboxylic acids is 1. The Balaban J connectivity index is 1.78. The largest absolute Gasteiger partial charge is 0.379 e. The van der Waals surface area contributed by atoms with Crippen LogP contribution in [-0.4, -0.2) is 87.4 Å². The van der Waals surface area contributed by atoms with E-state index < -0.39 is 0 Å². The molecule has 2 heterocycles. The van der Waals surface area contributed by atoms with Gasteiger partial charge in [0.05, 0.1) is 32.0 Å². The van der Waals surface area contributed by atoms with Crippen LogP contribution in [0, 0.1) is 5.92 Å². The minimum absolute atomic E-state index is 0.0138. The molecule has 0 aromatic heterocycles. The van der Waals surface area contributed by atoms with E-state index in [0.29, 0.717) is 6.61 Å². The van der Waals surface area contributed by atoms with Crippen LogP contribution in [0.1, 0.15) is 26.7 Å². The Hall–Kier alpha value is -0.690. The Labute approximate surface area is 140 Å². The molecule has 0 bridgehead atoms. The fraction of sp³-hybridized carbons (Fsp3) is 0.941. The molecule has 2 aliphatic rings. The van der Waals surface area contributed by atoms with Gasteiger partial charge in [0.2, 0.25) is 5.91 Å². The first-order valence-corrected chi connectivity index (χ1v) is 8.89. The van der Waals surface area contributed by atoms with E-state index in [1.54, 1.807) is 0 Å². The van der Waals surface area contributed by atoms with E-state index in [1.165, 1.54) is 0 Å². The van der Waals surface area contributed by atoms with Crippen molar-refractivity contribution in [3.05, 3.63) is 0 Å². The van der Waals surface area contributed by atoms with Gasteiger partial charge in [-0.2, -0.15) is 0 Å². The van der Waals surface area contributed by atoms with Crippen LogP contribution in [0.2, 0.25) is 0 Å². The van der Waals surface area contributed by atoms with Gasteiger partial charge in [-0.3, -0.25) is 9.69 Å². The Morgan fingerprint density at radius 1 is 1.22 bits per heavy atom. The molecular formula is C17H33N3O3. The third-order valence-corrected chi connectivity index (χ3v) is 4.89. The van der Waals surface area contributed by atoms with E-state index >= 15 is 0 Å². The average Bonchev–Trinajstić information content (AvgIpc) is 2.55. The summed E-state index contributed by atoms with van der Waals surface area (Å²) in [6, 6.07) is 0. The van der Waals surface area contributed by atoms with Gasteiger partial charge in [-0.1, -0.05) is 13.8 Å². The molecule has 1 amide bonds. The van der Waals surface area contributed by atoms with Gasteiger partial charge in [-0.05, 0) is 19.9 Å². The van der Waals surface area contributed by atoms with Crippen molar-refractivity contribution in [3.63, 3.8) is 0 Å². The molecule has 2 aliphatic heterocycles. The molecule has 6 heteroatoms. The van der Waals surface area contributed by atoms with Crippen molar-refractivity contribution >= 4 is 5.91 Å². The Morgan fingerprint density at radius 2 is 1.87 bits per heavy atom. The summed E-state index contributed by atoms with van der Waals surface area (Å²) in [6.45, 7) is 11.8. The van der Waals surface area contributed by atoms with E-state index in [2.05, 4.69) is 22.2 Å². The molecule has 0 atom stereocenters. The lowest BCUT2D eigenvalue weighted by molar-refractivity contribution is -0.128. The predicted molar refractivity (Wildman–Crippen MR) is 90.5 cm³/mol. The number of nitrogens with one attached hydrogen (secondary N) is 1. The quantitative estimate of drug-likeness (QED) is 0.693. The maximum absolute atomic E-state index is 12.2. The lowest BCUT2D eigenvalue weighted by atomic mass is 9.87. The summed E-state index contributed by atoms with van der Waals surface area (Å²) >= 11 is 0. The van der Waals surface area contributed by atoms with Crippen molar-refractivity contribution in [2.45, 2.75) is 32.2 Å². The zero-order chi connectivity index (χ0) is 16.7. The molecule has 0 aromatic rings. The number of morpholine rings is 1. The second-order valence-corrected chi connectivity index (χ2v) is 7.23. The molecule has 134 valence electrons. The zero-order valence-corrected chi connectivity index (χ0v) is 15.0. The summed E-state index contributed by atoms with van der Waals surface area (Å²) in [4.78, 5) is 16.9. The van der Waals surface area contributed by atoms with E-state index in [0.717, 1.165) is 65.4 Å². The highest BCUT2D eigenvalue weighted by atomic mass is 16.5. The average molecular weight is 327 g/mol. The third-order valence-electron chi connectivity index (χ3n) is 4.89. The summed E-state index contributed by atoms with van der Waals surface area (Å²) in [6.07, 6.45) is 1.92. The summed E-state index contributed by atoms with van der Waals surface area (Å²) in [7, 11) is 2.13. The number of hydrogen-bond acceptors (Lipinski definition) is 5. The van der Waals surface area contributed by atoms with E-state index in [1.807, 2.05) is 13.8 Å². The van der Waals surface area contributed by atoms with Crippen molar-refractivity contribution in [1.82, 2.24) is 15.1 Å². The number of carbonyl (C=O) groups is 1. The Bertz CT molecular complexity index is 362. The van der Waals surface area contributed by atoms with Gasteiger partial charge in [0, 0.05) is 38.6 Å². The molecule has 1 N–H and O–H groups in total. The first kappa shape index (κ1) is 18.6. The van der Waals surface area contributed by atoms with Crippen molar-refractivity contribution in [2.24, 2.45) is 5.92 Å². The summed E-state index contributed by atoms with van der Waals surface area (Å²) in [5, 5.41) is 3.27. The molecule has 0 aliphatic carbocycles. The number of amides is 1. The second kappa shape index (κ2) is 8.97. The Morgan fingerprint density at radius 3 is 2.48 bits per heavy atom. The van der Waals surface area contributed by atoms with Gasteiger partial charge in [0.15, 0.2) is 0 Å². The van der Waals surface area contributed by atoms with E-state index in [9.17, 15) is 4.79 Å². The van der Waals surface area contributed by atoms with Crippen LogP contribution in [0.4, 0.5) is 0 Å². The fourth-order valence-corrected chi connectivity index (χ4v) is 3.04. The van der Waals surface area contributed by atoms with E-state index in [4.69, 9.17) is 9.47 Å². The summed E-state index contributed by atoms with van der Waals surface area (Å²) in [5.41, 5.74) is -0.196. The smallest absolute Gasteiger partial charge is 0.223 e. The number of rotatable bonds is 7. The van der Waals surface area contributed by atoms with Gasteiger partial charge < -0.3 is 19.7 Å². The number of ether oxygens (including phenoxy) is 2. The highest BCUT2D eigenvalue weighted by molar-refractivity contribution is 5.78. The number of likely N-dealkylation sites (tertiary alicyclic amines) is 1. The van der Waals surface area contributed by atoms with E-state index in [-0.39, 0.29) is 17.4 Å². The molecule has 0 saturated carbocycles. The number of nitrogens with zero attached hydrogens (tertiary/aromatic N) is 2. The molecule has 2 rings (SSSR count). The summed E-state index contributed by atoms with van der Waals surface area (Å²) < 4.78 is 11.3. The standard InChI is InChI=1S/C17H33N3O3/c1-15(2)16(21)18-17(4-6-19(3)7-5-17)14-23-13-10-20-8-11-22-12-9-20/h15H,4-14H2,1-3H3,(H,18,21). The minimum Gasteiger partial charge on any atom is -0.379 e. The SMILES string of the molecule is CC(C)C(=O)NC1(COCCN2CCOCC2)CCN(C)CC1. The molecule has 0 spiro atoms. The van der Waals surface area contributed by atoms with Crippen molar-refractivity contribution in [3.8, 4) is 0 Å². The van der Waals surface area contributed by atoms with Crippen molar-refractivity contribution in [1.29, 1.82) is 0 Å². The molecule has 0 aromatic carbocycles. The van der Waals surface area contributed by atoms with Crippen LogP contribution in [0.25, 0.3) is 0 Å². The van der Waals surface area contributed by atoms with Gasteiger partial charge in [-0.15, -0.1) is 0 Å². The van der Waals surface area contributed by atoms with Crippen LogP contribution in [0.5, 0.6) is 0 Å². The second-order valence-electron chi connectivity index (χ2n) is 7.23. The molecular weight excluding hydrogens is 294 g/mol. The van der Waals surface area contributed by atoms with Crippen LogP contribution >= 0.6 is 0 Å². The maximum atomic E-state index is 12.2. The first-order valence-electron chi connectivity index (χ1n) is 8.89. The predicted octanol–water partition coefficient (Wildman–Crippen LogP) is 0.572. The van der Waals surface area contributed by atoms with Crippen LogP contribution in [0.3, 0.4) is 0 Å². The van der Waals surface area contributed by atoms with Crippen molar-refractivity contribution in [2.75, 3.05) is 66.2 Å². The van der Waals surface area contributed by atoms with Gasteiger partial charge in [0.25, 0.3) is 0 Å². The maximum Gasteiger partial charge on any atom is 0.223 e. The molecule has 2 fully saturated rings. The van der Waals surface area contributed by atoms with Gasteiger partial charge >= 0.3 is 0 Å². The molecule has 0 unspecified atom stereocenters. The van der Waals surface area contributed by atoms with Gasteiger partial charge in [0.1, 0.15) is 0 Å². The highest BCUT2D eigenvalue weighted by Crippen LogP contribution is 2.23. The van der Waals surface area contributed by atoms with Crippen LogP contribution in [-0.2, 0) is 14.3 Å². The monoisotopic (exact) mass is 327 g/mol. The third kappa shape index (κ3) is 6.03.